The SMILES string of the molecule is CCCC(NC(=O)c1cc(Br)ccc1I)c1ccccc1. The zero-order valence-electron chi connectivity index (χ0n) is 11.8. The molecule has 0 aliphatic rings. The zero-order valence-corrected chi connectivity index (χ0v) is 15.5. The van der Waals surface area contributed by atoms with E-state index in [1.165, 1.54) is 0 Å². The normalized spacial score (nSPS) is 12.0. The van der Waals surface area contributed by atoms with E-state index in [9.17, 15) is 4.79 Å². The standard InChI is InChI=1S/C17H17BrINO/c1-2-6-16(12-7-4-3-5-8-12)20-17(21)14-11-13(18)9-10-15(14)19/h3-5,7-11,16H,2,6H2,1H3,(H,20,21). The van der Waals surface area contributed by atoms with Gasteiger partial charge in [-0.1, -0.05) is 59.6 Å². The summed E-state index contributed by atoms with van der Waals surface area (Å²) in [5, 5.41) is 3.15. The van der Waals surface area contributed by atoms with Crippen molar-refractivity contribution in [1.82, 2.24) is 5.32 Å². The fourth-order valence-corrected chi connectivity index (χ4v) is 3.15. The van der Waals surface area contributed by atoms with E-state index in [-0.39, 0.29) is 11.9 Å². The fourth-order valence-electron chi connectivity index (χ4n) is 2.20. The topological polar surface area (TPSA) is 29.1 Å². The van der Waals surface area contributed by atoms with Crippen molar-refractivity contribution in [3.05, 3.63) is 67.7 Å². The molecule has 2 rings (SSSR count). The summed E-state index contributed by atoms with van der Waals surface area (Å²) in [5.41, 5.74) is 1.86. The predicted octanol–water partition coefficient (Wildman–Crippen LogP) is 5.32. The largest absolute Gasteiger partial charge is 0.345 e. The Morgan fingerprint density at radius 2 is 1.95 bits per heavy atom. The van der Waals surface area contributed by atoms with Crippen LogP contribution in [0, 0.1) is 3.57 Å². The van der Waals surface area contributed by atoms with Gasteiger partial charge in [0.1, 0.15) is 0 Å². The van der Waals surface area contributed by atoms with E-state index < -0.39 is 0 Å². The van der Waals surface area contributed by atoms with Crippen LogP contribution in [0.3, 0.4) is 0 Å². The number of halogens is 2. The molecular weight excluding hydrogens is 441 g/mol. The number of benzene rings is 2. The highest BCUT2D eigenvalue weighted by Gasteiger charge is 2.16. The Kier molecular flexibility index (Phi) is 6.23. The highest BCUT2D eigenvalue weighted by atomic mass is 127. The lowest BCUT2D eigenvalue weighted by Crippen LogP contribution is -2.29. The minimum absolute atomic E-state index is 0.0250. The highest BCUT2D eigenvalue weighted by Crippen LogP contribution is 2.22. The zero-order chi connectivity index (χ0) is 15.2. The van der Waals surface area contributed by atoms with Crippen LogP contribution in [0.1, 0.15) is 41.7 Å². The maximum absolute atomic E-state index is 12.5. The number of hydrogen-bond donors (Lipinski definition) is 1. The number of nitrogens with one attached hydrogen (secondary N) is 1. The van der Waals surface area contributed by atoms with Crippen molar-refractivity contribution in [3.63, 3.8) is 0 Å². The van der Waals surface area contributed by atoms with Crippen LogP contribution in [0.25, 0.3) is 0 Å². The monoisotopic (exact) mass is 457 g/mol. The number of amides is 1. The minimum atomic E-state index is -0.0250. The van der Waals surface area contributed by atoms with E-state index in [2.05, 4.69) is 62.9 Å². The van der Waals surface area contributed by atoms with Crippen molar-refractivity contribution in [2.24, 2.45) is 0 Å². The molecule has 21 heavy (non-hydrogen) atoms. The first kappa shape index (κ1) is 16.5. The van der Waals surface area contributed by atoms with Crippen LogP contribution in [0.4, 0.5) is 0 Å². The average molecular weight is 458 g/mol. The Balaban J connectivity index is 2.20. The van der Waals surface area contributed by atoms with E-state index in [1.54, 1.807) is 0 Å². The van der Waals surface area contributed by atoms with Gasteiger partial charge in [0.25, 0.3) is 5.91 Å². The van der Waals surface area contributed by atoms with Gasteiger partial charge in [-0.25, -0.2) is 0 Å². The third kappa shape index (κ3) is 4.54. The van der Waals surface area contributed by atoms with Gasteiger partial charge in [0, 0.05) is 8.04 Å². The van der Waals surface area contributed by atoms with Gasteiger partial charge in [0.15, 0.2) is 0 Å². The quantitative estimate of drug-likeness (QED) is 0.604. The molecule has 0 aliphatic carbocycles. The molecule has 0 aliphatic heterocycles. The second kappa shape index (κ2) is 7.94. The molecule has 2 nitrogen and oxygen atoms in total. The van der Waals surface area contributed by atoms with Gasteiger partial charge in [0.2, 0.25) is 0 Å². The lowest BCUT2D eigenvalue weighted by Gasteiger charge is -2.19. The minimum Gasteiger partial charge on any atom is -0.345 e. The van der Waals surface area contributed by atoms with Crippen LogP contribution in [-0.4, -0.2) is 5.91 Å². The summed E-state index contributed by atoms with van der Waals surface area (Å²) in [6.07, 6.45) is 1.95. The van der Waals surface area contributed by atoms with Crippen molar-refractivity contribution < 1.29 is 4.79 Å². The van der Waals surface area contributed by atoms with Crippen LogP contribution >= 0.6 is 38.5 Å². The first-order valence-corrected chi connectivity index (χ1v) is 8.80. The van der Waals surface area contributed by atoms with Gasteiger partial charge in [0.05, 0.1) is 11.6 Å². The van der Waals surface area contributed by atoms with Crippen molar-refractivity contribution in [2.45, 2.75) is 25.8 Å². The lowest BCUT2D eigenvalue weighted by molar-refractivity contribution is 0.0933. The summed E-state index contributed by atoms with van der Waals surface area (Å²) in [6.45, 7) is 2.13. The van der Waals surface area contributed by atoms with Crippen molar-refractivity contribution in [3.8, 4) is 0 Å². The molecule has 0 saturated heterocycles. The number of carbonyl (C=O) groups is 1. The maximum atomic E-state index is 12.5. The maximum Gasteiger partial charge on any atom is 0.252 e. The summed E-state index contributed by atoms with van der Waals surface area (Å²) in [5.74, 6) is -0.0250. The van der Waals surface area contributed by atoms with Crippen LogP contribution in [0.5, 0.6) is 0 Å². The summed E-state index contributed by atoms with van der Waals surface area (Å²) in [4.78, 5) is 12.5. The second-order valence-electron chi connectivity index (χ2n) is 4.85. The third-order valence-electron chi connectivity index (χ3n) is 3.26. The lowest BCUT2D eigenvalue weighted by atomic mass is 10.0. The Hall–Kier alpha value is -0.880. The highest BCUT2D eigenvalue weighted by molar-refractivity contribution is 14.1. The first-order chi connectivity index (χ1) is 10.1. The van der Waals surface area contributed by atoms with Crippen LogP contribution in [-0.2, 0) is 0 Å². The molecule has 110 valence electrons. The van der Waals surface area contributed by atoms with Gasteiger partial charge >= 0.3 is 0 Å². The van der Waals surface area contributed by atoms with E-state index in [0.717, 1.165) is 26.4 Å². The van der Waals surface area contributed by atoms with Crippen molar-refractivity contribution in [1.29, 1.82) is 0 Å². The first-order valence-electron chi connectivity index (χ1n) is 6.92. The van der Waals surface area contributed by atoms with Gasteiger partial charge in [-0.3, -0.25) is 4.79 Å². The van der Waals surface area contributed by atoms with E-state index in [4.69, 9.17) is 0 Å². The number of hydrogen-bond acceptors (Lipinski definition) is 1. The average Bonchev–Trinajstić information content (AvgIpc) is 2.50. The molecule has 0 bridgehead atoms. The second-order valence-corrected chi connectivity index (χ2v) is 6.93. The predicted molar refractivity (Wildman–Crippen MR) is 98.4 cm³/mol. The summed E-state index contributed by atoms with van der Waals surface area (Å²) in [7, 11) is 0. The smallest absolute Gasteiger partial charge is 0.252 e. The molecule has 0 spiro atoms. The van der Waals surface area contributed by atoms with Crippen molar-refractivity contribution in [2.75, 3.05) is 0 Å². The molecule has 2 aromatic carbocycles. The summed E-state index contributed by atoms with van der Waals surface area (Å²) < 4.78 is 1.87. The van der Waals surface area contributed by atoms with E-state index in [0.29, 0.717) is 5.56 Å². The number of rotatable bonds is 5. The van der Waals surface area contributed by atoms with Gasteiger partial charge < -0.3 is 5.32 Å². The van der Waals surface area contributed by atoms with E-state index >= 15 is 0 Å². The molecular formula is C17H17BrINO. The molecule has 4 heteroatoms. The Bertz CT molecular complexity index is 615. The van der Waals surface area contributed by atoms with E-state index in [1.807, 2.05) is 36.4 Å². The molecule has 0 radical (unpaired) electrons. The van der Waals surface area contributed by atoms with Gasteiger partial charge in [-0.2, -0.15) is 0 Å². The molecule has 1 unspecified atom stereocenters. The Morgan fingerprint density at radius 3 is 2.62 bits per heavy atom. The van der Waals surface area contributed by atoms with Gasteiger partial charge in [-0.15, -0.1) is 0 Å². The summed E-state index contributed by atoms with van der Waals surface area (Å²) >= 11 is 5.62. The fraction of sp³-hybridized carbons (Fsp3) is 0.235. The molecule has 2 aromatic rings. The molecule has 1 N–H and O–H groups in total. The Labute approximate surface area is 147 Å². The molecule has 1 amide bonds. The molecule has 1 atom stereocenters. The summed E-state index contributed by atoms with van der Waals surface area (Å²) in [6, 6.07) is 15.9. The molecule has 0 saturated carbocycles. The molecule has 0 heterocycles. The third-order valence-corrected chi connectivity index (χ3v) is 4.69. The molecule has 0 aromatic heterocycles. The van der Waals surface area contributed by atoms with Crippen LogP contribution < -0.4 is 5.32 Å². The van der Waals surface area contributed by atoms with Crippen molar-refractivity contribution >= 4 is 44.4 Å². The number of carbonyl (C=O) groups excluding carboxylic acids is 1. The van der Waals surface area contributed by atoms with Crippen LogP contribution in [0.2, 0.25) is 0 Å². The molecule has 0 fully saturated rings. The Morgan fingerprint density at radius 1 is 1.24 bits per heavy atom. The van der Waals surface area contributed by atoms with Crippen LogP contribution in [0.15, 0.2) is 53.0 Å². The van der Waals surface area contributed by atoms with Gasteiger partial charge in [-0.05, 0) is 52.8 Å².